The van der Waals surface area contributed by atoms with Crippen LogP contribution in [-0.4, -0.2) is 32.7 Å². The number of methoxy groups -OCH3 is 2. The molecule has 4 heteroatoms. The van der Waals surface area contributed by atoms with Crippen molar-refractivity contribution >= 4 is 0 Å². The monoisotopic (exact) mass is 262 g/mol. The van der Waals surface area contributed by atoms with Gasteiger partial charge < -0.3 is 14.4 Å². The van der Waals surface area contributed by atoms with E-state index in [1.54, 1.807) is 14.2 Å². The first-order valence-corrected chi connectivity index (χ1v) is 6.31. The van der Waals surface area contributed by atoms with Crippen LogP contribution in [0, 0.1) is 25.2 Å². The van der Waals surface area contributed by atoms with E-state index in [-0.39, 0.29) is 0 Å². The van der Waals surface area contributed by atoms with Gasteiger partial charge >= 0.3 is 0 Å². The number of hydrogen-bond donors (Lipinski definition) is 0. The lowest BCUT2D eigenvalue weighted by molar-refractivity contribution is 0.321. The van der Waals surface area contributed by atoms with Crippen LogP contribution in [0.3, 0.4) is 0 Å². The fraction of sp³-hybridized carbons (Fsp3) is 0.533. The number of hydrogen-bond acceptors (Lipinski definition) is 4. The molecule has 104 valence electrons. The summed E-state index contributed by atoms with van der Waals surface area (Å²) in [5.74, 6) is 1.78. The summed E-state index contributed by atoms with van der Waals surface area (Å²) in [7, 11) is 5.36. The Morgan fingerprint density at radius 3 is 2.42 bits per heavy atom. The minimum Gasteiger partial charge on any atom is -0.496 e. The van der Waals surface area contributed by atoms with Gasteiger partial charge in [0, 0.05) is 25.1 Å². The molecule has 0 atom stereocenters. The Morgan fingerprint density at radius 2 is 1.89 bits per heavy atom. The minimum atomic E-state index is 0.529. The van der Waals surface area contributed by atoms with Crippen molar-refractivity contribution in [3.05, 3.63) is 22.8 Å². The van der Waals surface area contributed by atoms with E-state index in [9.17, 15) is 0 Å². The first-order valence-electron chi connectivity index (χ1n) is 6.31. The van der Waals surface area contributed by atoms with Crippen LogP contribution >= 0.6 is 0 Å². The molecule has 0 aliphatic carbocycles. The molecule has 19 heavy (non-hydrogen) atoms. The van der Waals surface area contributed by atoms with E-state index in [1.807, 2.05) is 27.0 Å². The van der Waals surface area contributed by atoms with Gasteiger partial charge in [-0.3, -0.25) is 0 Å². The van der Waals surface area contributed by atoms with E-state index in [2.05, 4.69) is 11.0 Å². The fourth-order valence-electron chi connectivity index (χ4n) is 2.15. The highest BCUT2D eigenvalue weighted by molar-refractivity contribution is 5.52. The van der Waals surface area contributed by atoms with E-state index in [1.165, 1.54) is 0 Å². The zero-order chi connectivity index (χ0) is 14.4. The average molecular weight is 262 g/mol. The van der Waals surface area contributed by atoms with E-state index >= 15 is 0 Å². The van der Waals surface area contributed by atoms with E-state index in [0.717, 1.165) is 41.3 Å². The van der Waals surface area contributed by atoms with Gasteiger partial charge in [-0.05, 0) is 38.1 Å². The Labute approximate surface area is 115 Å². The molecule has 4 nitrogen and oxygen atoms in total. The van der Waals surface area contributed by atoms with E-state index < -0.39 is 0 Å². The molecule has 0 amide bonds. The van der Waals surface area contributed by atoms with Crippen molar-refractivity contribution in [2.75, 3.05) is 27.8 Å². The maximum atomic E-state index is 8.62. The first-order chi connectivity index (χ1) is 9.04. The van der Waals surface area contributed by atoms with Crippen molar-refractivity contribution in [3.8, 4) is 17.6 Å². The lowest BCUT2D eigenvalue weighted by Gasteiger charge is -2.20. The fourth-order valence-corrected chi connectivity index (χ4v) is 2.15. The minimum absolute atomic E-state index is 0.529. The molecule has 0 heterocycles. The van der Waals surface area contributed by atoms with Crippen LogP contribution in [0.2, 0.25) is 0 Å². The smallest absolute Gasteiger partial charge is 0.126 e. The maximum Gasteiger partial charge on any atom is 0.126 e. The van der Waals surface area contributed by atoms with Crippen LogP contribution < -0.4 is 9.47 Å². The van der Waals surface area contributed by atoms with Gasteiger partial charge in [-0.1, -0.05) is 0 Å². The summed E-state index contributed by atoms with van der Waals surface area (Å²) in [6, 6.07) is 4.18. The van der Waals surface area contributed by atoms with Crippen LogP contribution in [0.25, 0.3) is 0 Å². The van der Waals surface area contributed by atoms with Gasteiger partial charge in [0.15, 0.2) is 0 Å². The highest BCUT2D eigenvalue weighted by Gasteiger charge is 2.14. The molecule has 0 aromatic heterocycles. The lowest BCUT2D eigenvalue weighted by Crippen LogP contribution is -2.19. The number of benzene rings is 1. The molecule has 0 bridgehead atoms. The molecule has 1 aromatic rings. The molecule has 0 spiro atoms. The SMILES string of the molecule is COc1cc(CN(C)CCC#N)c(OC)c(C)c1C. The second kappa shape index (κ2) is 7.01. The predicted molar refractivity (Wildman–Crippen MR) is 75.6 cm³/mol. The zero-order valence-electron chi connectivity index (χ0n) is 12.4. The summed E-state index contributed by atoms with van der Waals surface area (Å²) < 4.78 is 10.9. The zero-order valence-corrected chi connectivity index (χ0v) is 12.4. The first kappa shape index (κ1) is 15.3. The Hall–Kier alpha value is -1.73. The van der Waals surface area contributed by atoms with Crippen LogP contribution in [0.1, 0.15) is 23.1 Å². The van der Waals surface area contributed by atoms with Crippen molar-refractivity contribution < 1.29 is 9.47 Å². The summed E-state index contributed by atoms with van der Waals surface area (Å²) in [5.41, 5.74) is 3.29. The molecular formula is C15H22N2O2. The quantitative estimate of drug-likeness (QED) is 0.790. The average Bonchev–Trinajstić information content (AvgIpc) is 2.40. The highest BCUT2D eigenvalue weighted by atomic mass is 16.5. The van der Waals surface area contributed by atoms with Gasteiger partial charge in [-0.15, -0.1) is 0 Å². The van der Waals surface area contributed by atoms with Crippen molar-refractivity contribution in [2.45, 2.75) is 26.8 Å². The topological polar surface area (TPSA) is 45.5 Å². The standard InChI is InChI=1S/C15H22N2O2/c1-11-12(2)15(19-5)13(9-14(11)18-4)10-17(3)8-6-7-16/h9H,6,8,10H2,1-5H3. The summed E-state index contributed by atoms with van der Waals surface area (Å²) in [4.78, 5) is 2.11. The van der Waals surface area contributed by atoms with Gasteiger partial charge in [0.25, 0.3) is 0 Å². The van der Waals surface area contributed by atoms with Crippen LogP contribution in [0.4, 0.5) is 0 Å². The molecule has 0 saturated heterocycles. The third-order valence-corrected chi connectivity index (χ3v) is 3.34. The number of rotatable bonds is 6. The molecule has 1 aromatic carbocycles. The molecule has 0 fully saturated rings. The van der Waals surface area contributed by atoms with Crippen molar-refractivity contribution in [2.24, 2.45) is 0 Å². The molecular weight excluding hydrogens is 240 g/mol. The Balaban J connectivity index is 3.05. The normalized spacial score (nSPS) is 10.4. The summed E-state index contributed by atoms with van der Waals surface area (Å²) in [6.07, 6.45) is 0.529. The third kappa shape index (κ3) is 3.62. The van der Waals surface area contributed by atoms with Gasteiger partial charge in [0.2, 0.25) is 0 Å². The number of ether oxygens (including phenoxy) is 2. The van der Waals surface area contributed by atoms with Crippen LogP contribution in [0.15, 0.2) is 6.07 Å². The lowest BCUT2D eigenvalue weighted by atomic mass is 10.0. The Bertz CT molecular complexity index is 478. The van der Waals surface area contributed by atoms with E-state index in [4.69, 9.17) is 14.7 Å². The van der Waals surface area contributed by atoms with Gasteiger partial charge in [0.05, 0.1) is 20.3 Å². The Morgan fingerprint density at radius 1 is 1.21 bits per heavy atom. The Kier molecular flexibility index (Phi) is 5.65. The molecule has 1 rings (SSSR count). The number of nitriles is 1. The number of nitrogens with zero attached hydrogens (tertiary/aromatic N) is 2. The highest BCUT2D eigenvalue weighted by Crippen LogP contribution is 2.33. The third-order valence-electron chi connectivity index (χ3n) is 3.34. The second-order valence-corrected chi connectivity index (χ2v) is 4.67. The largest absolute Gasteiger partial charge is 0.496 e. The van der Waals surface area contributed by atoms with E-state index in [0.29, 0.717) is 6.42 Å². The van der Waals surface area contributed by atoms with Crippen LogP contribution in [0.5, 0.6) is 11.5 Å². The van der Waals surface area contributed by atoms with Gasteiger partial charge in [-0.2, -0.15) is 5.26 Å². The molecule has 0 radical (unpaired) electrons. The van der Waals surface area contributed by atoms with Gasteiger partial charge in [0.1, 0.15) is 11.5 Å². The molecule has 0 N–H and O–H groups in total. The van der Waals surface area contributed by atoms with Crippen molar-refractivity contribution in [1.29, 1.82) is 5.26 Å². The van der Waals surface area contributed by atoms with Crippen molar-refractivity contribution in [3.63, 3.8) is 0 Å². The van der Waals surface area contributed by atoms with Gasteiger partial charge in [-0.25, -0.2) is 0 Å². The summed E-state index contributed by atoms with van der Waals surface area (Å²) >= 11 is 0. The maximum absolute atomic E-state index is 8.62. The molecule has 0 unspecified atom stereocenters. The van der Waals surface area contributed by atoms with Crippen LogP contribution in [-0.2, 0) is 6.54 Å². The summed E-state index contributed by atoms with van der Waals surface area (Å²) in [6.45, 7) is 5.55. The summed E-state index contributed by atoms with van der Waals surface area (Å²) in [5, 5.41) is 8.62. The second-order valence-electron chi connectivity index (χ2n) is 4.67. The molecule has 0 aliphatic rings. The predicted octanol–water partition coefficient (Wildman–Crippen LogP) is 2.67. The molecule has 0 aliphatic heterocycles. The molecule has 0 saturated carbocycles. The van der Waals surface area contributed by atoms with Crippen molar-refractivity contribution in [1.82, 2.24) is 4.90 Å².